The average Bonchev–Trinajstić information content (AvgIpc) is 2.63. The summed E-state index contributed by atoms with van der Waals surface area (Å²) < 4.78 is 0. The maximum Gasteiger partial charge on any atom is 0.131 e. The summed E-state index contributed by atoms with van der Waals surface area (Å²) in [4.78, 5) is 8.94. The monoisotopic (exact) mass is 361 g/mol. The van der Waals surface area contributed by atoms with Crippen LogP contribution >= 0.6 is 11.6 Å². The van der Waals surface area contributed by atoms with Gasteiger partial charge in [0.2, 0.25) is 0 Å². The van der Waals surface area contributed by atoms with E-state index in [1.807, 2.05) is 6.07 Å². The second kappa shape index (κ2) is 7.95. The van der Waals surface area contributed by atoms with Crippen molar-refractivity contribution in [2.24, 2.45) is 11.3 Å². The minimum atomic E-state index is 0.0350. The fourth-order valence-electron chi connectivity index (χ4n) is 3.56. The van der Waals surface area contributed by atoms with Gasteiger partial charge in [-0.3, -0.25) is 0 Å². The van der Waals surface area contributed by atoms with Crippen LogP contribution in [-0.2, 0) is 0 Å². The molecule has 0 spiro atoms. The molecule has 2 aliphatic rings. The average molecular weight is 362 g/mol. The van der Waals surface area contributed by atoms with Gasteiger partial charge in [-0.2, -0.15) is 0 Å². The number of aliphatic hydroxyl groups is 1. The quantitative estimate of drug-likeness (QED) is 0.649. The molecule has 25 heavy (non-hydrogen) atoms. The van der Waals surface area contributed by atoms with Crippen molar-refractivity contribution < 1.29 is 5.11 Å². The van der Waals surface area contributed by atoms with Crippen LogP contribution in [-0.4, -0.2) is 54.8 Å². The molecule has 3 heterocycles. The molecule has 1 aromatic rings. The molecule has 1 aromatic heterocycles. The first-order valence-corrected chi connectivity index (χ1v) is 9.58. The molecule has 2 aliphatic heterocycles. The van der Waals surface area contributed by atoms with E-state index in [9.17, 15) is 5.11 Å². The van der Waals surface area contributed by atoms with Crippen molar-refractivity contribution in [1.82, 2.24) is 9.88 Å². The Morgan fingerprint density at radius 1 is 1.28 bits per heavy atom. The summed E-state index contributed by atoms with van der Waals surface area (Å²) in [5.74, 6) is 7.31. The molecule has 0 unspecified atom stereocenters. The Bertz CT molecular complexity index is 651. The van der Waals surface area contributed by atoms with Gasteiger partial charge in [0.05, 0.1) is 11.3 Å². The van der Waals surface area contributed by atoms with Crippen LogP contribution in [0.4, 0.5) is 5.69 Å². The number of hydrogen-bond acceptors (Lipinski definition) is 4. The van der Waals surface area contributed by atoms with Crippen LogP contribution in [0.1, 0.15) is 38.2 Å². The van der Waals surface area contributed by atoms with Crippen molar-refractivity contribution in [2.45, 2.75) is 32.6 Å². The van der Waals surface area contributed by atoms with Crippen LogP contribution < -0.4 is 4.90 Å². The van der Waals surface area contributed by atoms with Crippen molar-refractivity contribution >= 4 is 17.3 Å². The lowest BCUT2D eigenvalue weighted by atomic mass is 9.81. The van der Waals surface area contributed by atoms with E-state index in [2.05, 4.69) is 40.6 Å². The third kappa shape index (κ3) is 4.67. The predicted octanol–water partition coefficient (Wildman–Crippen LogP) is 3.03. The van der Waals surface area contributed by atoms with Gasteiger partial charge >= 0.3 is 0 Å². The van der Waals surface area contributed by atoms with Gasteiger partial charge in [-0.15, -0.1) is 0 Å². The number of aliphatic hydroxyl groups excluding tert-OH is 1. The van der Waals surface area contributed by atoms with Crippen LogP contribution in [0.25, 0.3) is 0 Å². The van der Waals surface area contributed by atoms with E-state index in [1.165, 1.54) is 0 Å². The first-order valence-electron chi connectivity index (χ1n) is 9.20. The molecule has 0 radical (unpaired) electrons. The number of hydrogen-bond donors (Lipinski definition) is 1. The number of nitrogens with zero attached hydrogens (tertiary/aromatic N) is 3. The van der Waals surface area contributed by atoms with Crippen LogP contribution in [0.2, 0.25) is 5.15 Å². The molecular weight excluding hydrogens is 334 g/mol. The zero-order chi connectivity index (χ0) is 17.9. The molecule has 0 amide bonds. The normalized spacial score (nSPS) is 21.7. The number of aromatic nitrogens is 1. The largest absolute Gasteiger partial charge is 0.396 e. The van der Waals surface area contributed by atoms with E-state index < -0.39 is 0 Å². The van der Waals surface area contributed by atoms with Crippen LogP contribution in [0.3, 0.4) is 0 Å². The van der Waals surface area contributed by atoms with Crippen molar-refractivity contribution in [2.75, 3.05) is 44.7 Å². The second-order valence-corrected chi connectivity index (χ2v) is 8.21. The fraction of sp³-hybridized carbons (Fsp3) is 0.650. The maximum atomic E-state index is 9.58. The van der Waals surface area contributed by atoms with Gasteiger partial charge in [0.25, 0.3) is 0 Å². The third-order valence-corrected chi connectivity index (χ3v) is 5.88. The molecule has 4 nitrogen and oxygen atoms in total. The van der Waals surface area contributed by atoms with Gasteiger partial charge in [0.1, 0.15) is 5.15 Å². The number of halogens is 1. The van der Waals surface area contributed by atoms with Gasteiger partial charge in [-0.1, -0.05) is 30.4 Å². The number of rotatable bonds is 2. The molecule has 0 aliphatic carbocycles. The van der Waals surface area contributed by atoms with E-state index in [1.54, 1.807) is 6.20 Å². The Labute approximate surface area is 156 Å². The highest BCUT2D eigenvalue weighted by molar-refractivity contribution is 6.29. The molecule has 2 fully saturated rings. The van der Waals surface area contributed by atoms with Crippen molar-refractivity contribution in [3.05, 3.63) is 23.0 Å². The Hall–Kier alpha value is -1.28. The summed E-state index contributed by atoms with van der Waals surface area (Å²) >= 11 is 6.15. The van der Waals surface area contributed by atoms with Crippen molar-refractivity contribution in [3.8, 4) is 11.8 Å². The summed E-state index contributed by atoms with van der Waals surface area (Å²) in [7, 11) is 2.17. The number of anilines is 1. The Morgan fingerprint density at radius 3 is 2.60 bits per heavy atom. The predicted molar refractivity (Wildman–Crippen MR) is 103 cm³/mol. The summed E-state index contributed by atoms with van der Waals surface area (Å²) in [5, 5.41) is 10.1. The molecule has 5 heteroatoms. The zero-order valence-corrected chi connectivity index (χ0v) is 16.0. The molecule has 3 rings (SSSR count). The van der Waals surface area contributed by atoms with Crippen LogP contribution in [0, 0.1) is 23.2 Å². The summed E-state index contributed by atoms with van der Waals surface area (Å²) in [5.41, 5.74) is 2.09. The fourth-order valence-corrected chi connectivity index (χ4v) is 3.71. The first-order chi connectivity index (χ1) is 12.0. The zero-order valence-electron chi connectivity index (χ0n) is 15.3. The highest BCUT2D eigenvalue weighted by Crippen LogP contribution is 2.34. The van der Waals surface area contributed by atoms with Gasteiger partial charge in [0.15, 0.2) is 0 Å². The molecule has 0 bridgehead atoms. The molecular formula is C20H28ClN3O. The third-order valence-electron chi connectivity index (χ3n) is 5.67. The SMILES string of the molecule is CN1CCC(C#Cc2cnc(Cl)cc2N2CCC(C)(CO)CC2)CC1. The van der Waals surface area contributed by atoms with E-state index in [-0.39, 0.29) is 12.0 Å². The Balaban J connectivity index is 1.75. The van der Waals surface area contributed by atoms with Gasteiger partial charge in [0, 0.05) is 37.9 Å². The van der Waals surface area contributed by atoms with Crippen LogP contribution in [0.15, 0.2) is 12.3 Å². The Kier molecular flexibility index (Phi) is 5.89. The van der Waals surface area contributed by atoms with E-state index >= 15 is 0 Å². The smallest absolute Gasteiger partial charge is 0.131 e. The van der Waals surface area contributed by atoms with Crippen molar-refractivity contribution in [1.29, 1.82) is 0 Å². The van der Waals surface area contributed by atoms with Crippen molar-refractivity contribution in [3.63, 3.8) is 0 Å². The lowest BCUT2D eigenvalue weighted by molar-refractivity contribution is 0.115. The van der Waals surface area contributed by atoms with E-state index in [4.69, 9.17) is 11.6 Å². The highest BCUT2D eigenvalue weighted by atomic mass is 35.5. The van der Waals surface area contributed by atoms with Gasteiger partial charge < -0.3 is 14.9 Å². The van der Waals surface area contributed by atoms with E-state index in [0.717, 1.165) is 63.1 Å². The lowest BCUT2D eigenvalue weighted by Crippen LogP contribution is -2.40. The number of pyridine rings is 1. The lowest BCUT2D eigenvalue weighted by Gasteiger charge is -2.39. The molecule has 1 N–H and O–H groups in total. The molecule has 136 valence electrons. The minimum absolute atomic E-state index is 0.0350. The van der Waals surface area contributed by atoms with Crippen LogP contribution in [0.5, 0.6) is 0 Å². The highest BCUT2D eigenvalue weighted by Gasteiger charge is 2.30. The standard InChI is InChI=1S/C20H28ClN3O/c1-20(15-25)7-11-24(12-8-20)18-13-19(21)22-14-17(18)4-3-16-5-9-23(2)10-6-16/h13-14,16,25H,5-12,15H2,1-2H3. The summed E-state index contributed by atoms with van der Waals surface area (Å²) in [6.45, 7) is 6.49. The molecule has 0 atom stereocenters. The van der Waals surface area contributed by atoms with Gasteiger partial charge in [-0.25, -0.2) is 4.98 Å². The molecule has 0 aromatic carbocycles. The molecule has 0 saturated carbocycles. The Morgan fingerprint density at radius 2 is 1.96 bits per heavy atom. The van der Waals surface area contributed by atoms with Gasteiger partial charge in [-0.05, 0) is 51.2 Å². The topological polar surface area (TPSA) is 39.6 Å². The maximum absolute atomic E-state index is 9.58. The summed E-state index contributed by atoms with van der Waals surface area (Å²) in [6, 6.07) is 1.93. The number of piperidine rings is 2. The van der Waals surface area contributed by atoms with E-state index in [0.29, 0.717) is 11.1 Å². The number of likely N-dealkylation sites (tertiary alicyclic amines) is 1. The first kappa shape index (κ1) is 18.5. The molecule has 2 saturated heterocycles. The summed E-state index contributed by atoms with van der Waals surface area (Å²) in [6.07, 6.45) is 6.03. The minimum Gasteiger partial charge on any atom is -0.396 e. The second-order valence-electron chi connectivity index (χ2n) is 7.83.